The third-order valence-corrected chi connectivity index (χ3v) is 4.20. The molecule has 0 aromatic rings. The molecule has 6 heteroatoms. The van der Waals surface area contributed by atoms with E-state index in [0.29, 0.717) is 12.8 Å². The van der Waals surface area contributed by atoms with Gasteiger partial charge in [-0.1, -0.05) is 13.8 Å². The Balaban J connectivity index is 1.90. The fourth-order valence-corrected chi connectivity index (χ4v) is 3.03. The van der Waals surface area contributed by atoms with Gasteiger partial charge in [0, 0.05) is 12.3 Å². The van der Waals surface area contributed by atoms with Crippen LogP contribution in [0, 0.1) is 23.7 Å². The van der Waals surface area contributed by atoms with E-state index in [0.717, 1.165) is 0 Å². The number of hydrogen-bond donors (Lipinski definition) is 2. The lowest BCUT2D eigenvalue weighted by molar-refractivity contribution is -0.171. The molecule has 108 valence electrons. The second kappa shape index (κ2) is 5.56. The lowest BCUT2D eigenvalue weighted by Crippen LogP contribution is -2.26. The Hall–Kier alpha value is -0.980. The number of hydrogen-bond acceptors (Lipinski definition) is 6. The van der Waals surface area contributed by atoms with Crippen molar-refractivity contribution < 1.29 is 29.3 Å². The number of carbonyl (C=O) groups excluding carboxylic acids is 2. The maximum Gasteiger partial charge on any atom is 0.317 e. The highest BCUT2D eigenvalue weighted by Crippen LogP contribution is 2.36. The molecule has 0 spiro atoms. The molecule has 6 nitrogen and oxygen atoms in total. The second-order valence-electron chi connectivity index (χ2n) is 5.67. The average molecular weight is 272 g/mol. The fourth-order valence-electron chi connectivity index (χ4n) is 3.03. The van der Waals surface area contributed by atoms with Crippen LogP contribution >= 0.6 is 0 Å². The number of esters is 2. The van der Waals surface area contributed by atoms with Crippen LogP contribution in [0.1, 0.15) is 33.1 Å². The Labute approximate surface area is 111 Å². The van der Waals surface area contributed by atoms with Crippen molar-refractivity contribution in [2.45, 2.75) is 45.7 Å². The summed E-state index contributed by atoms with van der Waals surface area (Å²) >= 11 is 0. The zero-order chi connectivity index (χ0) is 14.2. The molecular formula is C13H20O6. The maximum atomic E-state index is 11.5. The lowest BCUT2D eigenvalue weighted by Gasteiger charge is -2.25. The van der Waals surface area contributed by atoms with Crippen molar-refractivity contribution in [3.63, 3.8) is 0 Å². The lowest BCUT2D eigenvalue weighted by atomic mass is 9.79. The molecule has 0 aliphatic carbocycles. The molecule has 2 N–H and O–H groups in total. The van der Waals surface area contributed by atoms with Crippen molar-refractivity contribution in [2.24, 2.45) is 23.7 Å². The summed E-state index contributed by atoms with van der Waals surface area (Å²) in [4.78, 5) is 22.6. The van der Waals surface area contributed by atoms with Crippen LogP contribution in [0.15, 0.2) is 0 Å². The molecule has 2 rings (SSSR count). The molecule has 2 heterocycles. The van der Waals surface area contributed by atoms with Crippen LogP contribution in [0.4, 0.5) is 0 Å². The molecule has 2 aliphatic heterocycles. The SMILES string of the molecule is CC(CC(C)C1CC(O)OC1O)C1CC(=O)OC1=O. The molecule has 6 atom stereocenters. The van der Waals surface area contributed by atoms with E-state index in [1.165, 1.54) is 0 Å². The first kappa shape index (κ1) is 14.4. The van der Waals surface area contributed by atoms with E-state index in [1.807, 2.05) is 13.8 Å². The molecule has 19 heavy (non-hydrogen) atoms. The van der Waals surface area contributed by atoms with E-state index < -0.39 is 24.5 Å². The van der Waals surface area contributed by atoms with Crippen molar-refractivity contribution in [1.29, 1.82) is 0 Å². The Morgan fingerprint density at radius 2 is 1.95 bits per heavy atom. The summed E-state index contributed by atoms with van der Waals surface area (Å²) in [6.07, 6.45) is -0.683. The van der Waals surface area contributed by atoms with Gasteiger partial charge in [-0.3, -0.25) is 9.59 Å². The average Bonchev–Trinajstić information content (AvgIpc) is 2.81. The van der Waals surface area contributed by atoms with Gasteiger partial charge in [-0.15, -0.1) is 0 Å². The zero-order valence-electron chi connectivity index (χ0n) is 11.1. The van der Waals surface area contributed by atoms with Gasteiger partial charge in [-0.05, 0) is 18.3 Å². The first-order valence-corrected chi connectivity index (χ1v) is 6.64. The number of ether oxygens (including phenoxy) is 2. The Morgan fingerprint density at radius 3 is 2.42 bits per heavy atom. The van der Waals surface area contributed by atoms with Crippen molar-refractivity contribution >= 4 is 11.9 Å². The highest BCUT2D eigenvalue weighted by molar-refractivity contribution is 5.94. The quantitative estimate of drug-likeness (QED) is 0.569. The number of aliphatic hydroxyl groups is 2. The summed E-state index contributed by atoms with van der Waals surface area (Å²) in [7, 11) is 0. The minimum absolute atomic E-state index is 0.00103. The summed E-state index contributed by atoms with van der Waals surface area (Å²) in [6.45, 7) is 3.85. The maximum absolute atomic E-state index is 11.5. The van der Waals surface area contributed by atoms with E-state index in [-0.39, 0.29) is 30.1 Å². The highest BCUT2D eigenvalue weighted by Gasteiger charge is 2.41. The first-order chi connectivity index (χ1) is 8.88. The van der Waals surface area contributed by atoms with Gasteiger partial charge in [0.05, 0.1) is 12.3 Å². The normalized spacial score (nSPS) is 38.3. The minimum atomic E-state index is -0.964. The molecule has 0 aromatic heterocycles. The van der Waals surface area contributed by atoms with Crippen LogP contribution in [0.5, 0.6) is 0 Å². The minimum Gasteiger partial charge on any atom is -0.393 e. The van der Waals surface area contributed by atoms with Crippen LogP contribution in [0.25, 0.3) is 0 Å². The van der Waals surface area contributed by atoms with Crippen molar-refractivity contribution in [1.82, 2.24) is 0 Å². The third kappa shape index (κ3) is 3.13. The van der Waals surface area contributed by atoms with E-state index in [1.54, 1.807) is 0 Å². The van der Waals surface area contributed by atoms with Gasteiger partial charge in [0.15, 0.2) is 12.6 Å². The molecule has 6 unspecified atom stereocenters. The van der Waals surface area contributed by atoms with Crippen LogP contribution in [0.3, 0.4) is 0 Å². The Morgan fingerprint density at radius 1 is 1.26 bits per heavy atom. The molecule has 2 saturated heterocycles. The number of rotatable bonds is 4. The van der Waals surface area contributed by atoms with Crippen LogP contribution in [-0.2, 0) is 19.1 Å². The van der Waals surface area contributed by atoms with Gasteiger partial charge >= 0.3 is 11.9 Å². The van der Waals surface area contributed by atoms with Gasteiger partial charge in [0.25, 0.3) is 0 Å². The first-order valence-electron chi connectivity index (χ1n) is 6.64. The van der Waals surface area contributed by atoms with Crippen molar-refractivity contribution in [2.75, 3.05) is 0 Å². The van der Waals surface area contributed by atoms with E-state index in [2.05, 4.69) is 4.74 Å². The van der Waals surface area contributed by atoms with Crippen molar-refractivity contribution in [3.05, 3.63) is 0 Å². The standard InChI is InChI=1S/C13H20O6/c1-6(8-4-10(14)18-12(8)16)3-7(2)9-5-11(15)19-13(9)17/h6-10,12,14,16H,3-5H2,1-2H3. The van der Waals surface area contributed by atoms with Gasteiger partial charge < -0.3 is 19.7 Å². The van der Waals surface area contributed by atoms with Crippen LogP contribution in [0.2, 0.25) is 0 Å². The predicted octanol–water partition coefficient (Wildman–Crippen LogP) is 0.412. The van der Waals surface area contributed by atoms with Gasteiger partial charge in [-0.25, -0.2) is 0 Å². The topological polar surface area (TPSA) is 93.1 Å². The van der Waals surface area contributed by atoms with Crippen LogP contribution < -0.4 is 0 Å². The summed E-state index contributed by atoms with van der Waals surface area (Å²) in [5.74, 6) is -1.36. The molecule has 0 radical (unpaired) electrons. The monoisotopic (exact) mass is 272 g/mol. The summed E-state index contributed by atoms with van der Waals surface area (Å²) in [5.41, 5.74) is 0. The molecule has 2 fully saturated rings. The second-order valence-corrected chi connectivity index (χ2v) is 5.67. The summed E-state index contributed by atoms with van der Waals surface area (Å²) < 4.78 is 9.45. The Bertz CT molecular complexity index is 368. The fraction of sp³-hybridized carbons (Fsp3) is 0.846. The van der Waals surface area contributed by atoms with E-state index in [4.69, 9.17) is 4.74 Å². The molecular weight excluding hydrogens is 252 g/mol. The molecule has 0 bridgehead atoms. The smallest absolute Gasteiger partial charge is 0.317 e. The predicted molar refractivity (Wildman–Crippen MR) is 63.4 cm³/mol. The van der Waals surface area contributed by atoms with Gasteiger partial charge in [-0.2, -0.15) is 0 Å². The van der Waals surface area contributed by atoms with Crippen LogP contribution in [-0.4, -0.2) is 34.7 Å². The molecule has 2 aliphatic rings. The van der Waals surface area contributed by atoms with E-state index >= 15 is 0 Å². The summed E-state index contributed by atoms with van der Waals surface area (Å²) in [6, 6.07) is 0. The molecule has 0 saturated carbocycles. The van der Waals surface area contributed by atoms with Gasteiger partial charge in [0.2, 0.25) is 0 Å². The van der Waals surface area contributed by atoms with E-state index in [9.17, 15) is 19.8 Å². The Kier molecular flexibility index (Phi) is 4.23. The largest absolute Gasteiger partial charge is 0.393 e. The zero-order valence-corrected chi connectivity index (χ0v) is 11.1. The highest BCUT2D eigenvalue weighted by atomic mass is 16.7. The van der Waals surface area contributed by atoms with Crippen molar-refractivity contribution in [3.8, 4) is 0 Å². The number of carbonyl (C=O) groups is 2. The molecule has 0 aromatic carbocycles. The number of cyclic esters (lactones) is 2. The summed E-state index contributed by atoms with van der Waals surface area (Å²) in [5, 5.41) is 19.0. The third-order valence-electron chi connectivity index (χ3n) is 4.20. The number of aliphatic hydroxyl groups excluding tert-OH is 2. The molecule has 0 amide bonds. The van der Waals surface area contributed by atoms with Gasteiger partial charge in [0.1, 0.15) is 0 Å².